The maximum absolute atomic E-state index is 5.87. The molecule has 1 fully saturated rings. The highest BCUT2D eigenvalue weighted by Crippen LogP contribution is 2.24. The lowest BCUT2D eigenvalue weighted by molar-refractivity contribution is 0.251. The quantitative estimate of drug-likeness (QED) is 0.743. The van der Waals surface area contributed by atoms with Gasteiger partial charge in [-0.05, 0) is 18.8 Å². The number of hydrogen-bond acceptors (Lipinski definition) is 3. The van der Waals surface area contributed by atoms with Crippen molar-refractivity contribution in [3.05, 3.63) is 12.2 Å². The van der Waals surface area contributed by atoms with Crippen LogP contribution < -0.4 is 5.73 Å². The third-order valence-corrected chi connectivity index (χ3v) is 4.75. The number of nitrogens with zero attached hydrogens (tertiary/aromatic N) is 1. The molecule has 0 saturated carbocycles. The van der Waals surface area contributed by atoms with E-state index in [4.69, 9.17) is 5.73 Å². The second-order valence-electron chi connectivity index (χ2n) is 4.71. The zero-order valence-corrected chi connectivity index (χ0v) is 10.4. The minimum absolute atomic E-state index is 0.316. The number of nitrogens with two attached hydrogens (primary N) is 1. The van der Waals surface area contributed by atoms with Gasteiger partial charge in [0.05, 0.1) is 0 Å². The van der Waals surface area contributed by atoms with Gasteiger partial charge in [0.1, 0.15) is 0 Å². The third-order valence-electron chi connectivity index (χ3n) is 3.38. The molecular formula is C12H22N2S. The van der Waals surface area contributed by atoms with Gasteiger partial charge in [0.25, 0.3) is 0 Å². The minimum Gasteiger partial charge on any atom is -0.324 e. The van der Waals surface area contributed by atoms with E-state index in [0.29, 0.717) is 12.0 Å². The van der Waals surface area contributed by atoms with Gasteiger partial charge in [0.2, 0.25) is 0 Å². The molecule has 3 heteroatoms. The average molecular weight is 226 g/mol. The molecule has 2 nitrogen and oxygen atoms in total. The monoisotopic (exact) mass is 226 g/mol. The molecule has 86 valence electrons. The maximum Gasteiger partial charge on any atom is 0.0229 e. The van der Waals surface area contributed by atoms with Crippen LogP contribution in [0.4, 0.5) is 0 Å². The predicted octanol–water partition coefficient (Wildman–Crippen LogP) is 1.72. The molecule has 1 saturated heterocycles. The number of hydrogen-bond donors (Lipinski definition) is 1. The van der Waals surface area contributed by atoms with Crippen LogP contribution in [0.15, 0.2) is 12.2 Å². The number of thioether (sulfide) groups is 1. The van der Waals surface area contributed by atoms with E-state index in [1.807, 2.05) is 0 Å². The molecule has 0 bridgehead atoms. The van der Waals surface area contributed by atoms with Crippen molar-refractivity contribution in [1.29, 1.82) is 0 Å². The summed E-state index contributed by atoms with van der Waals surface area (Å²) in [6, 6.07) is 0.316. The van der Waals surface area contributed by atoms with Crippen LogP contribution in [0, 0.1) is 5.92 Å². The summed E-state index contributed by atoms with van der Waals surface area (Å²) in [5.74, 6) is 2.02. The van der Waals surface area contributed by atoms with Gasteiger partial charge in [0, 0.05) is 36.7 Å². The van der Waals surface area contributed by atoms with E-state index < -0.39 is 0 Å². The molecule has 0 amide bonds. The Bertz CT molecular complexity index is 230. The summed E-state index contributed by atoms with van der Waals surface area (Å²) < 4.78 is 0. The molecule has 1 aliphatic heterocycles. The average Bonchev–Trinajstić information content (AvgIpc) is 2.64. The van der Waals surface area contributed by atoms with Gasteiger partial charge in [0.15, 0.2) is 0 Å². The second kappa shape index (κ2) is 5.37. The van der Waals surface area contributed by atoms with Gasteiger partial charge in [-0.3, -0.25) is 0 Å². The Labute approximate surface area is 97.3 Å². The fourth-order valence-corrected chi connectivity index (χ4v) is 3.72. The zero-order valence-electron chi connectivity index (χ0n) is 9.56. The topological polar surface area (TPSA) is 29.3 Å². The van der Waals surface area contributed by atoms with Gasteiger partial charge >= 0.3 is 0 Å². The highest BCUT2D eigenvalue weighted by atomic mass is 32.2. The first-order chi connectivity index (χ1) is 7.28. The van der Waals surface area contributed by atoms with Crippen LogP contribution in [0.3, 0.4) is 0 Å². The zero-order chi connectivity index (χ0) is 10.7. The van der Waals surface area contributed by atoms with Crippen LogP contribution in [0.1, 0.15) is 19.8 Å². The Morgan fingerprint density at radius 1 is 1.47 bits per heavy atom. The summed E-state index contributed by atoms with van der Waals surface area (Å²) >= 11 is 2.14. The first kappa shape index (κ1) is 11.5. The molecule has 1 heterocycles. The van der Waals surface area contributed by atoms with Gasteiger partial charge in [-0.2, -0.15) is 11.8 Å². The minimum atomic E-state index is 0.316. The third kappa shape index (κ3) is 3.23. The molecule has 0 radical (unpaired) electrons. The van der Waals surface area contributed by atoms with Crippen LogP contribution in [-0.2, 0) is 0 Å². The van der Waals surface area contributed by atoms with Crippen LogP contribution >= 0.6 is 11.8 Å². The molecule has 2 rings (SSSR count). The van der Waals surface area contributed by atoms with Crippen molar-refractivity contribution in [3.63, 3.8) is 0 Å². The summed E-state index contributed by atoms with van der Waals surface area (Å²) in [5.41, 5.74) is 5.87. The van der Waals surface area contributed by atoms with Crippen LogP contribution in [0.2, 0.25) is 0 Å². The summed E-state index contributed by atoms with van der Waals surface area (Å²) in [6.45, 7) is 6.06. The standard InChI is InChI=1S/C12H22N2S/c1-2-12-9-14(5-6-15-12)8-10-3-4-11(13)7-10/h3-4,10-12H,2,5-9,13H2,1H3. The van der Waals surface area contributed by atoms with Crippen molar-refractivity contribution in [2.45, 2.75) is 31.1 Å². The van der Waals surface area contributed by atoms with E-state index in [1.54, 1.807) is 0 Å². The van der Waals surface area contributed by atoms with Crippen LogP contribution in [0.25, 0.3) is 0 Å². The van der Waals surface area contributed by atoms with Crippen molar-refractivity contribution in [2.24, 2.45) is 11.7 Å². The lowest BCUT2D eigenvalue weighted by Gasteiger charge is -2.33. The Morgan fingerprint density at radius 3 is 3.00 bits per heavy atom. The molecule has 2 N–H and O–H groups in total. The van der Waals surface area contributed by atoms with Crippen LogP contribution in [-0.4, -0.2) is 41.6 Å². The second-order valence-corrected chi connectivity index (χ2v) is 6.11. The maximum atomic E-state index is 5.87. The van der Waals surface area contributed by atoms with Crippen molar-refractivity contribution in [2.75, 3.05) is 25.4 Å². The SMILES string of the molecule is CCC1CN(CC2C=CC(N)C2)CCS1. The van der Waals surface area contributed by atoms with E-state index >= 15 is 0 Å². The molecule has 0 aromatic heterocycles. The molecule has 1 aliphatic carbocycles. The van der Waals surface area contributed by atoms with Crippen molar-refractivity contribution < 1.29 is 0 Å². The van der Waals surface area contributed by atoms with Gasteiger partial charge in [-0.25, -0.2) is 0 Å². The van der Waals surface area contributed by atoms with E-state index in [1.165, 1.54) is 31.8 Å². The lowest BCUT2D eigenvalue weighted by Crippen LogP contribution is -2.40. The molecular weight excluding hydrogens is 204 g/mol. The molecule has 2 aliphatic rings. The smallest absolute Gasteiger partial charge is 0.0229 e. The molecule has 15 heavy (non-hydrogen) atoms. The summed E-state index contributed by atoms with van der Waals surface area (Å²) in [4.78, 5) is 2.62. The first-order valence-corrected chi connectivity index (χ1v) is 7.10. The van der Waals surface area contributed by atoms with Crippen molar-refractivity contribution in [3.8, 4) is 0 Å². The summed E-state index contributed by atoms with van der Waals surface area (Å²) in [5, 5.41) is 0.859. The lowest BCUT2D eigenvalue weighted by atomic mass is 10.1. The van der Waals surface area contributed by atoms with E-state index in [-0.39, 0.29) is 0 Å². The van der Waals surface area contributed by atoms with E-state index in [2.05, 4.69) is 35.7 Å². The van der Waals surface area contributed by atoms with Crippen molar-refractivity contribution >= 4 is 11.8 Å². The molecule has 0 spiro atoms. The van der Waals surface area contributed by atoms with E-state index in [9.17, 15) is 0 Å². The van der Waals surface area contributed by atoms with Gasteiger partial charge in [-0.1, -0.05) is 19.1 Å². The largest absolute Gasteiger partial charge is 0.324 e. The van der Waals surface area contributed by atoms with Gasteiger partial charge < -0.3 is 10.6 Å². The fourth-order valence-electron chi connectivity index (χ4n) is 2.47. The Hall–Kier alpha value is 0.01000. The van der Waals surface area contributed by atoms with Crippen LogP contribution in [0.5, 0.6) is 0 Å². The highest BCUT2D eigenvalue weighted by molar-refractivity contribution is 8.00. The van der Waals surface area contributed by atoms with Gasteiger partial charge in [-0.15, -0.1) is 0 Å². The summed E-state index contributed by atoms with van der Waals surface area (Å²) in [6.07, 6.45) is 6.94. The first-order valence-electron chi connectivity index (χ1n) is 6.05. The summed E-state index contributed by atoms with van der Waals surface area (Å²) in [7, 11) is 0. The molecule has 3 unspecified atom stereocenters. The Morgan fingerprint density at radius 2 is 2.33 bits per heavy atom. The highest BCUT2D eigenvalue weighted by Gasteiger charge is 2.23. The number of rotatable bonds is 3. The Kier molecular flexibility index (Phi) is 4.12. The van der Waals surface area contributed by atoms with Crippen molar-refractivity contribution in [1.82, 2.24) is 4.90 Å². The molecule has 0 aromatic rings. The fraction of sp³-hybridized carbons (Fsp3) is 0.833. The normalized spacial score (nSPS) is 37.3. The molecule has 0 aromatic carbocycles. The Balaban J connectivity index is 1.77. The van der Waals surface area contributed by atoms with E-state index in [0.717, 1.165) is 11.7 Å². The molecule has 3 atom stereocenters. The predicted molar refractivity (Wildman–Crippen MR) is 68.2 cm³/mol.